The van der Waals surface area contributed by atoms with Crippen molar-refractivity contribution < 1.29 is 14.6 Å². The number of methoxy groups -OCH3 is 1. The monoisotopic (exact) mass is 312 g/mol. The summed E-state index contributed by atoms with van der Waals surface area (Å²) in [5.41, 5.74) is 3.66. The molecule has 0 aliphatic carbocycles. The van der Waals surface area contributed by atoms with Crippen LogP contribution in [0.4, 0.5) is 11.4 Å². The Hall–Kier alpha value is -2.69. The molecule has 0 radical (unpaired) electrons. The zero-order chi connectivity index (χ0) is 16.4. The SMILES string of the molecule is COc1cc(C=O)c(NCC2Cc3ccccc3N2C)cc1O. The number of fused-ring (bicyclic) bond motifs is 1. The van der Waals surface area contributed by atoms with E-state index in [1.54, 1.807) is 0 Å². The molecule has 1 aliphatic rings. The van der Waals surface area contributed by atoms with E-state index in [2.05, 4.69) is 35.5 Å². The predicted molar refractivity (Wildman–Crippen MR) is 90.9 cm³/mol. The molecular weight excluding hydrogens is 292 g/mol. The van der Waals surface area contributed by atoms with Gasteiger partial charge in [-0.3, -0.25) is 4.79 Å². The van der Waals surface area contributed by atoms with Gasteiger partial charge < -0.3 is 20.1 Å². The van der Waals surface area contributed by atoms with Crippen LogP contribution >= 0.6 is 0 Å². The molecule has 0 fully saturated rings. The summed E-state index contributed by atoms with van der Waals surface area (Å²) in [5, 5.41) is 13.2. The third-order valence-electron chi connectivity index (χ3n) is 4.38. The van der Waals surface area contributed by atoms with Crippen LogP contribution in [0.2, 0.25) is 0 Å². The minimum Gasteiger partial charge on any atom is -0.504 e. The number of nitrogens with one attached hydrogen (secondary N) is 1. The molecule has 1 atom stereocenters. The van der Waals surface area contributed by atoms with E-state index in [4.69, 9.17) is 4.74 Å². The molecule has 2 aromatic carbocycles. The second kappa shape index (κ2) is 6.20. The number of aldehydes is 1. The van der Waals surface area contributed by atoms with Crippen molar-refractivity contribution in [2.45, 2.75) is 12.5 Å². The molecule has 0 saturated carbocycles. The molecule has 0 amide bonds. The van der Waals surface area contributed by atoms with Gasteiger partial charge in [0.1, 0.15) is 0 Å². The zero-order valence-electron chi connectivity index (χ0n) is 13.2. The molecule has 0 spiro atoms. The van der Waals surface area contributed by atoms with Gasteiger partial charge >= 0.3 is 0 Å². The van der Waals surface area contributed by atoms with E-state index < -0.39 is 0 Å². The number of para-hydroxylation sites is 1. The van der Waals surface area contributed by atoms with Crippen molar-refractivity contribution in [3.8, 4) is 11.5 Å². The van der Waals surface area contributed by atoms with E-state index >= 15 is 0 Å². The molecule has 1 heterocycles. The Balaban J connectivity index is 1.75. The van der Waals surface area contributed by atoms with Gasteiger partial charge in [-0.15, -0.1) is 0 Å². The van der Waals surface area contributed by atoms with Crippen LogP contribution in [0.3, 0.4) is 0 Å². The third-order valence-corrected chi connectivity index (χ3v) is 4.38. The van der Waals surface area contributed by atoms with Crippen molar-refractivity contribution >= 4 is 17.7 Å². The summed E-state index contributed by atoms with van der Waals surface area (Å²) in [6.07, 6.45) is 1.72. The van der Waals surface area contributed by atoms with Gasteiger partial charge in [-0.2, -0.15) is 0 Å². The number of hydrogen-bond acceptors (Lipinski definition) is 5. The van der Waals surface area contributed by atoms with Crippen LogP contribution < -0.4 is 15.0 Å². The van der Waals surface area contributed by atoms with Gasteiger partial charge in [-0.25, -0.2) is 0 Å². The lowest BCUT2D eigenvalue weighted by Gasteiger charge is -2.24. The number of carbonyl (C=O) groups is 1. The summed E-state index contributed by atoms with van der Waals surface area (Å²) in [4.78, 5) is 13.5. The number of hydrogen-bond donors (Lipinski definition) is 2. The van der Waals surface area contributed by atoms with E-state index in [9.17, 15) is 9.90 Å². The maximum atomic E-state index is 11.3. The number of phenols is 1. The van der Waals surface area contributed by atoms with Crippen molar-refractivity contribution in [3.63, 3.8) is 0 Å². The molecule has 5 heteroatoms. The highest BCUT2D eigenvalue weighted by atomic mass is 16.5. The maximum absolute atomic E-state index is 11.3. The second-order valence-corrected chi connectivity index (χ2v) is 5.71. The number of benzene rings is 2. The lowest BCUT2D eigenvalue weighted by atomic mass is 10.1. The summed E-state index contributed by atoms with van der Waals surface area (Å²) >= 11 is 0. The number of likely N-dealkylation sites (N-methyl/N-ethyl adjacent to an activating group) is 1. The normalized spacial score (nSPS) is 16.1. The molecule has 0 aromatic heterocycles. The first-order chi connectivity index (χ1) is 11.1. The number of aromatic hydroxyl groups is 1. The Labute approximate surface area is 135 Å². The molecular formula is C18H20N2O3. The molecule has 0 bridgehead atoms. The molecule has 1 unspecified atom stereocenters. The molecule has 2 N–H and O–H groups in total. The Morgan fingerprint density at radius 3 is 2.87 bits per heavy atom. The highest BCUT2D eigenvalue weighted by molar-refractivity contribution is 5.86. The fraction of sp³-hybridized carbons (Fsp3) is 0.278. The summed E-state index contributed by atoms with van der Waals surface area (Å²) in [7, 11) is 3.53. The van der Waals surface area contributed by atoms with Crippen LogP contribution in [0.15, 0.2) is 36.4 Å². The smallest absolute Gasteiger partial charge is 0.161 e. The first kappa shape index (κ1) is 15.2. The fourth-order valence-corrected chi connectivity index (χ4v) is 3.05. The Bertz CT molecular complexity index is 730. The van der Waals surface area contributed by atoms with Crippen molar-refractivity contribution in [2.75, 3.05) is 30.9 Å². The highest BCUT2D eigenvalue weighted by Crippen LogP contribution is 2.33. The molecule has 0 saturated heterocycles. The minimum absolute atomic E-state index is 0.0173. The first-order valence-electron chi connectivity index (χ1n) is 7.55. The van der Waals surface area contributed by atoms with Gasteiger partial charge in [-0.1, -0.05) is 18.2 Å². The lowest BCUT2D eigenvalue weighted by Crippen LogP contribution is -2.34. The molecule has 120 valence electrons. The topological polar surface area (TPSA) is 61.8 Å². The van der Waals surface area contributed by atoms with Gasteiger partial charge in [-0.05, 0) is 24.1 Å². The maximum Gasteiger partial charge on any atom is 0.161 e. The number of carbonyl (C=O) groups excluding carboxylic acids is 1. The van der Waals surface area contributed by atoms with Crippen LogP contribution in [-0.2, 0) is 6.42 Å². The van der Waals surface area contributed by atoms with Gasteiger partial charge in [0.15, 0.2) is 17.8 Å². The Morgan fingerprint density at radius 1 is 1.39 bits per heavy atom. The standard InChI is InChI=1S/C18H20N2O3/c1-20-14(7-12-5-3-4-6-16(12)20)10-19-15-9-17(22)18(23-2)8-13(15)11-21/h3-6,8-9,11,14,19,22H,7,10H2,1-2H3. The first-order valence-corrected chi connectivity index (χ1v) is 7.55. The number of ether oxygens (including phenoxy) is 1. The van der Waals surface area contributed by atoms with Crippen molar-refractivity contribution in [2.24, 2.45) is 0 Å². The quantitative estimate of drug-likeness (QED) is 0.831. The van der Waals surface area contributed by atoms with Crippen LogP contribution in [0.5, 0.6) is 11.5 Å². The van der Waals surface area contributed by atoms with E-state index in [0.717, 1.165) is 12.7 Å². The van der Waals surface area contributed by atoms with Gasteiger partial charge in [0, 0.05) is 36.6 Å². The van der Waals surface area contributed by atoms with Crippen LogP contribution in [-0.4, -0.2) is 38.1 Å². The number of nitrogens with zero attached hydrogens (tertiary/aromatic N) is 1. The largest absolute Gasteiger partial charge is 0.504 e. The van der Waals surface area contributed by atoms with E-state index in [1.807, 2.05) is 6.07 Å². The summed E-state index contributed by atoms with van der Waals surface area (Å²) in [6.45, 7) is 0.678. The number of rotatable bonds is 5. The fourth-order valence-electron chi connectivity index (χ4n) is 3.05. The van der Waals surface area contributed by atoms with Gasteiger partial charge in [0.05, 0.1) is 13.2 Å². The van der Waals surface area contributed by atoms with Crippen molar-refractivity contribution in [3.05, 3.63) is 47.5 Å². The molecule has 23 heavy (non-hydrogen) atoms. The average Bonchev–Trinajstić information content (AvgIpc) is 2.89. The van der Waals surface area contributed by atoms with E-state index in [1.165, 1.54) is 30.5 Å². The average molecular weight is 312 g/mol. The van der Waals surface area contributed by atoms with Crippen molar-refractivity contribution in [1.82, 2.24) is 0 Å². The van der Waals surface area contributed by atoms with E-state index in [0.29, 0.717) is 29.6 Å². The van der Waals surface area contributed by atoms with Crippen LogP contribution in [0.25, 0.3) is 0 Å². The Kier molecular flexibility index (Phi) is 4.10. The Morgan fingerprint density at radius 2 is 2.17 bits per heavy atom. The third kappa shape index (κ3) is 2.82. The van der Waals surface area contributed by atoms with Crippen LogP contribution in [0.1, 0.15) is 15.9 Å². The summed E-state index contributed by atoms with van der Waals surface area (Å²) in [6, 6.07) is 11.7. The molecule has 3 rings (SSSR count). The number of anilines is 2. The highest BCUT2D eigenvalue weighted by Gasteiger charge is 2.25. The molecule has 2 aromatic rings. The predicted octanol–water partition coefficient (Wildman–Crippen LogP) is 2.69. The zero-order valence-corrected chi connectivity index (χ0v) is 13.2. The van der Waals surface area contributed by atoms with E-state index in [-0.39, 0.29) is 5.75 Å². The second-order valence-electron chi connectivity index (χ2n) is 5.71. The summed E-state index contributed by atoms with van der Waals surface area (Å²) in [5.74, 6) is 0.312. The van der Waals surface area contributed by atoms with Crippen LogP contribution in [0, 0.1) is 0 Å². The lowest BCUT2D eigenvalue weighted by molar-refractivity contribution is 0.112. The van der Waals surface area contributed by atoms with Gasteiger partial charge in [0.25, 0.3) is 0 Å². The molecule has 5 nitrogen and oxygen atoms in total. The number of phenolic OH excluding ortho intramolecular Hbond substituents is 1. The molecule has 1 aliphatic heterocycles. The summed E-state index contributed by atoms with van der Waals surface area (Å²) < 4.78 is 5.03. The van der Waals surface area contributed by atoms with Crippen molar-refractivity contribution in [1.29, 1.82) is 0 Å². The minimum atomic E-state index is 0.0173. The van der Waals surface area contributed by atoms with Gasteiger partial charge in [0.2, 0.25) is 0 Å².